The summed E-state index contributed by atoms with van der Waals surface area (Å²) in [7, 11) is -3.70. The van der Waals surface area contributed by atoms with Gasteiger partial charge in [0.2, 0.25) is 10.0 Å². The van der Waals surface area contributed by atoms with Gasteiger partial charge in [-0.05, 0) is 61.6 Å². The van der Waals surface area contributed by atoms with Gasteiger partial charge in [-0.2, -0.15) is 4.31 Å². The minimum absolute atomic E-state index is 0.0460. The molecule has 0 bridgehead atoms. The van der Waals surface area contributed by atoms with Crippen LogP contribution in [0.4, 0.5) is 0 Å². The first-order chi connectivity index (χ1) is 13.9. The van der Waals surface area contributed by atoms with E-state index in [-0.39, 0.29) is 29.7 Å². The molecule has 0 spiro atoms. The number of amides is 1. The smallest absolute Gasteiger partial charge is 0.253 e. The quantitative estimate of drug-likeness (QED) is 0.724. The predicted molar refractivity (Wildman–Crippen MR) is 110 cm³/mol. The molecule has 1 heterocycles. The number of carbonyl (C=O) groups excluding carboxylic acids is 2. The number of sulfonamides is 1. The van der Waals surface area contributed by atoms with Crippen LogP contribution in [0.3, 0.4) is 0 Å². The lowest BCUT2D eigenvalue weighted by Crippen LogP contribution is -2.50. The molecule has 0 unspecified atom stereocenters. The summed E-state index contributed by atoms with van der Waals surface area (Å²) in [6, 6.07) is 12.0. The summed E-state index contributed by atoms with van der Waals surface area (Å²) in [6.45, 7) is 2.59. The molecule has 29 heavy (non-hydrogen) atoms. The third-order valence-electron chi connectivity index (χ3n) is 5.75. The van der Waals surface area contributed by atoms with E-state index in [1.165, 1.54) is 34.5 Å². The molecule has 1 amide bonds. The fraction of sp³-hybridized carbons (Fsp3) is 0.364. The Morgan fingerprint density at radius 2 is 1.59 bits per heavy atom. The summed E-state index contributed by atoms with van der Waals surface area (Å²) in [5.41, 5.74) is 3.63. The van der Waals surface area contributed by atoms with Gasteiger partial charge in [-0.15, -0.1) is 0 Å². The van der Waals surface area contributed by atoms with E-state index in [0.717, 1.165) is 19.3 Å². The number of benzene rings is 2. The van der Waals surface area contributed by atoms with E-state index in [9.17, 15) is 18.0 Å². The van der Waals surface area contributed by atoms with Gasteiger partial charge in [-0.25, -0.2) is 8.42 Å². The molecule has 152 valence electrons. The van der Waals surface area contributed by atoms with Crippen molar-refractivity contribution in [3.63, 3.8) is 0 Å². The molecule has 1 aliphatic heterocycles. The number of fused-ring (bicyclic) bond motifs is 1. The molecule has 4 rings (SSSR count). The summed E-state index contributed by atoms with van der Waals surface area (Å²) in [6.07, 6.45) is 3.22. The molecule has 0 aromatic heterocycles. The molecule has 2 aromatic rings. The van der Waals surface area contributed by atoms with E-state index in [0.29, 0.717) is 24.2 Å². The molecule has 6 nitrogen and oxygen atoms in total. The molecule has 1 fully saturated rings. The number of aryl methyl sites for hydroxylation is 2. The molecule has 2 aromatic carbocycles. The van der Waals surface area contributed by atoms with E-state index in [4.69, 9.17) is 0 Å². The van der Waals surface area contributed by atoms with Crippen molar-refractivity contribution in [1.82, 2.24) is 9.21 Å². The maximum Gasteiger partial charge on any atom is 0.253 e. The van der Waals surface area contributed by atoms with Crippen LogP contribution in [0.1, 0.15) is 45.2 Å². The van der Waals surface area contributed by atoms with Crippen molar-refractivity contribution >= 4 is 21.7 Å². The fourth-order valence-corrected chi connectivity index (χ4v) is 5.51. The van der Waals surface area contributed by atoms with Crippen LogP contribution in [0, 0.1) is 0 Å². The van der Waals surface area contributed by atoms with Gasteiger partial charge in [0, 0.05) is 37.3 Å². The van der Waals surface area contributed by atoms with Gasteiger partial charge in [0.25, 0.3) is 5.91 Å². The summed E-state index contributed by atoms with van der Waals surface area (Å²) < 4.78 is 27.3. The van der Waals surface area contributed by atoms with Crippen molar-refractivity contribution in [2.75, 3.05) is 26.2 Å². The Kier molecular flexibility index (Phi) is 5.27. The van der Waals surface area contributed by atoms with Gasteiger partial charge < -0.3 is 4.90 Å². The number of Topliss-reactive ketones (excluding diaryl/α,β-unsaturated/α-hetero) is 1. The van der Waals surface area contributed by atoms with Crippen molar-refractivity contribution in [2.24, 2.45) is 0 Å². The third-order valence-corrected chi connectivity index (χ3v) is 7.64. The molecule has 0 N–H and O–H groups in total. The standard InChI is InChI=1S/C22H24N2O4S/c1-16(25)18-5-3-7-21(15-18)29(27,28)24-12-10-23(11-13-24)22(26)20-9-8-17-4-2-6-19(17)14-20/h3,5,7-9,14-15H,2,4,6,10-13H2,1H3. The van der Waals surface area contributed by atoms with Crippen molar-refractivity contribution in [3.05, 3.63) is 64.7 Å². The summed E-state index contributed by atoms with van der Waals surface area (Å²) in [5, 5.41) is 0. The molecule has 1 aliphatic carbocycles. The first-order valence-electron chi connectivity index (χ1n) is 9.88. The maximum atomic E-state index is 12.9. The summed E-state index contributed by atoms with van der Waals surface area (Å²) >= 11 is 0. The van der Waals surface area contributed by atoms with Crippen molar-refractivity contribution in [2.45, 2.75) is 31.1 Å². The molecule has 2 aliphatic rings. The van der Waals surface area contributed by atoms with Crippen molar-refractivity contribution in [3.8, 4) is 0 Å². The highest BCUT2D eigenvalue weighted by Crippen LogP contribution is 2.24. The SMILES string of the molecule is CC(=O)c1cccc(S(=O)(=O)N2CCN(C(=O)c3ccc4c(c3)CCC4)CC2)c1. The zero-order chi connectivity index (χ0) is 20.6. The molecule has 0 saturated carbocycles. The lowest BCUT2D eigenvalue weighted by molar-refractivity contribution is 0.0697. The Hall–Kier alpha value is -2.51. The van der Waals surface area contributed by atoms with Crippen LogP contribution in [0.5, 0.6) is 0 Å². The van der Waals surface area contributed by atoms with Crippen LogP contribution in [0.25, 0.3) is 0 Å². The van der Waals surface area contributed by atoms with Gasteiger partial charge in [-0.3, -0.25) is 9.59 Å². The van der Waals surface area contributed by atoms with Crippen LogP contribution >= 0.6 is 0 Å². The van der Waals surface area contributed by atoms with Crippen molar-refractivity contribution in [1.29, 1.82) is 0 Å². The molecule has 0 radical (unpaired) electrons. The number of ketones is 1. The highest BCUT2D eigenvalue weighted by atomic mass is 32.2. The predicted octanol–water partition coefficient (Wildman–Crippen LogP) is 2.52. The topological polar surface area (TPSA) is 74.8 Å². The van der Waals surface area contributed by atoms with Gasteiger partial charge in [-0.1, -0.05) is 18.2 Å². The highest BCUT2D eigenvalue weighted by molar-refractivity contribution is 7.89. The Morgan fingerprint density at radius 1 is 0.862 bits per heavy atom. The van der Waals surface area contributed by atoms with Crippen LogP contribution in [0.2, 0.25) is 0 Å². The minimum Gasteiger partial charge on any atom is -0.336 e. The van der Waals surface area contributed by atoms with Crippen LogP contribution in [0.15, 0.2) is 47.4 Å². The molecular weight excluding hydrogens is 388 g/mol. The number of carbonyl (C=O) groups is 2. The number of nitrogens with zero attached hydrogens (tertiary/aromatic N) is 2. The average molecular weight is 413 g/mol. The third kappa shape index (κ3) is 3.84. The van der Waals surface area contributed by atoms with E-state index in [2.05, 4.69) is 0 Å². The Balaban J connectivity index is 1.45. The largest absolute Gasteiger partial charge is 0.336 e. The Bertz CT molecular complexity index is 1070. The monoisotopic (exact) mass is 412 g/mol. The number of hydrogen-bond donors (Lipinski definition) is 0. The van der Waals surface area contributed by atoms with Gasteiger partial charge in [0.05, 0.1) is 4.90 Å². The minimum atomic E-state index is -3.70. The fourth-order valence-electron chi connectivity index (χ4n) is 4.04. The normalized spacial score (nSPS) is 17.2. The first-order valence-corrected chi connectivity index (χ1v) is 11.3. The van der Waals surface area contributed by atoms with Crippen LogP contribution in [-0.2, 0) is 22.9 Å². The van der Waals surface area contributed by atoms with Crippen LogP contribution < -0.4 is 0 Å². The zero-order valence-electron chi connectivity index (χ0n) is 16.4. The highest BCUT2D eigenvalue weighted by Gasteiger charge is 2.31. The number of hydrogen-bond acceptors (Lipinski definition) is 4. The van der Waals surface area contributed by atoms with E-state index in [1.807, 2.05) is 18.2 Å². The lowest BCUT2D eigenvalue weighted by atomic mass is 10.1. The molecule has 0 atom stereocenters. The number of rotatable bonds is 4. The van der Waals surface area contributed by atoms with Gasteiger partial charge in [0.1, 0.15) is 0 Å². The molecule has 1 saturated heterocycles. The van der Waals surface area contributed by atoms with Gasteiger partial charge >= 0.3 is 0 Å². The second kappa shape index (κ2) is 7.72. The second-order valence-corrected chi connectivity index (χ2v) is 9.56. The second-order valence-electron chi connectivity index (χ2n) is 7.62. The zero-order valence-corrected chi connectivity index (χ0v) is 17.2. The summed E-state index contributed by atoms with van der Waals surface area (Å²) in [4.78, 5) is 26.3. The maximum absolute atomic E-state index is 12.9. The van der Waals surface area contributed by atoms with Crippen molar-refractivity contribution < 1.29 is 18.0 Å². The summed E-state index contributed by atoms with van der Waals surface area (Å²) in [5.74, 6) is -0.220. The van der Waals surface area contributed by atoms with Gasteiger partial charge in [0.15, 0.2) is 5.78 Å². The van der Waals surface area contributed by atoms with E-state index >= 15 is 0 Å². The average Bonchev–Trinajstić information content (AvgIpc) is 3.21. The Morgan fingerprint density at radius 3 is 2.31 bits per heavy atom. The first kappa shape index (κ1) is 19.8. The Labute approximate surface area is 171 Å². The lowest BCUT2D eigenvalue weighted by Gasteiger charge is -2.34. The molecular formula is C22H24N2O4S. The van der Waals surface area contributed by atoms with E-state index in [1.54, 1.807) is 17.0 Å². The van der Waals surface area contributed by atoms with E-state index < -0.39 is 10.0 Å². The molecule has 7 heteroatoms. The number of piperazine rings is 1. The van der Waals surface area contributed by atoms with Crippen LogP contribution in [-0.4, -0.2) is 55.5 Å².